The molecule has 1 heterocycles. The van der Waals surface area contributed by atoms with E-state index in [0.717, 1.165) is 43.2 Å². The molecule has 1 aliphatic rings. The van der Waals surface area contributed by atoms with E-state index in [-0.39, 0.29) is 36.0 Å². The van der Waals surface area contributed by atoms with Crippen LogP contribution in [0.5, 0.6) is 5.75 Å². The van der Waals surface area contributed by atoms with Gasteiger partial charge in [0.2, 0.25) is 5.91 Å². The number of ether oxygens (including phenoxy) is 1. The molecule has 0 spiro atoms. The van der Waals surface area contributed by atoms with Gasteiger partial charge in [0.05, 0.1) is 13.1 Å². The van der Waals surface area contributed by atoms with Gasteiger partial charge in [-0.3, -0.25) is 14.7 Å². The summed E-state index contributed by atoms with van der Waals surface area (Å²) in [5, 5.41) is 9.50. The third-order valence-electron chi connectivity index (χ3n) is 4.78. The van der Waals surface area contributed by atoms with Crippen LogP contribution in [0.3, 0.4) is 0 Å². The Labute approximate surface area is 185 Å². The molecule has 158 valence electrons. The van der Waals surface area contributed by atoms with Crippen molar-refractivity contribution in [1.82, 2.24) is 20.9 Å². The van der Waals surface area contributed by atoms with Gasteiger partial charge in [-0.2, -0.15) is 0 Å². The van der Waals surface area contributed by atoms with Crippen LogP contribution in [0.1, 0.15) is 25.3 Å². The van der Waals surface area contributed by atoms with Crippen LogP contribution in [0.25, 0.3) is 0 Å². The lowest BCUT2D eigenvalue weighted by atomic mass is 10.1. The van der Waals surface area contributed by atoms with Gasteiger partial charge in [-0.1, -0.05) is 18.2 Å². The number of rotatable bonds is 7. The zero-order chi connectivity index (χ0) is 19.6. The molecule has 1 fully saturated rings. The van der Waals surface area contributed by atoms with E-state index in [0.29, 0.717) is 19.1 Å². The number of likely N-dealkylation sites (N-methyl/N-ethyl adjacent to an activating group) is 1. The van der Waals surface area contributed by atoms with Crippen LogP contribution in [0, 0.1) is 6.92 Å². The van der Waals surface area contributed by atoms with Crippen LogP contribution in [0.4, 0.5) is 0 Å². The van der Waals surface area contributed by atoms with Gasteiger partial charge in [0, 0.05) is 33.2 Å². The standard InChI is InChI=1S/C20H33N5O2.HI/c1-15-7-5-6-8-18(15)27-16(2)13-23-20(22-4)24-17-9-11-25(12-10-17)14-19(26)21-3;/h5-8,16-17H,9-14H2,1-4H3,(H,21,26)(H2,22,23,24);1H. The molecule has 0 radical (unpaired) electrons. The number of guanidine groups is 1. The Bertz CT molecular complexity index is 633. The predicted octanol–water partition coefficient (Wildman–Crippen LogP) is 1.76. The number of nitrogens with one attached hydrogen (secondary N) is 3. The molecule has 3 N–H and O–H groups in total. The smallest absolute Gasteiger partial charge is 0.233 e. The molecule has 28 heavy (non-hydrogen) atoms. The Morgan fingerprint density at radius 1 is 1.32 bits per heavy atom. The maximum Gasteiger partial charge on any atom is 0.233 e. The highest BCUT2D eigenvalue weighted by Crippen LogP contribution is 2.17. The molecule has 1 atom stereocenters. The number of hydrogen-bond donors (Lipinski definition) is 3. The zero-order valence-electron chi connectivity index (χ0n) is 17.3. The number of carbonyl (C=O) groups excluding carboxylic acids is 1. The highest BCUT2D eigenvalue weighted by atomic mass is 127. The predicted molar refractivity (Wildman–Crippen MR) is 125 cm³/mol. The minimum absolute atomic E-state index is 0. The molecule has 0 saturated carbocycles. The maximum absolute atomic E-state index is 11.5. The Balaban J connectivity index is 0.00000392. The van der Waals surface area contributed by atoms with Crippen molar-refractivity contribution < 1.29 is 9.53 Å². The molecule has 1 amide bonds. The SMILES string of the molecule is CN=C(NCC(C)Oc1ccccc1C)NC1CCN(CC(=O)NC)CC1.I. The molecule has 1 aromatic carbocycles. The lowest BCUT2D eigenvalue weighted by molar-refractivity contribution is -0.122. The zero-order valence-corrected chi connectivity index (χ0v) is 19.7. The minimum atomic E-state index is 0. The van der Waals surface area contributed by atoms with Crippen LogP contribution in [0.15, 0.2) is 29.3 Å². The summed E-state index contributed by atoms with van der Waals surface area (Å²) >= 11 is 0. The number of carbonyl (C=O) groups is 1. The second-order valence-corrected chi connectivity index (χ2v) is 7.02. The quantitative estimate of drug-likeness (QED) is 0.301. The average molecular weight is 503 g/mol. The topological polar surface area (TPSA) is 78.0 Å². The summed E-state index contributed by atoms with van der Waals surface area (Å²) in [6.45, 7) is 7.06. The number of amides is 1. The number of halogens is 1. The van der Waals surface area contributed by atoms with E-state index in [4.69, 9.17) is 4.74 Å². The highest BCUT2D eigenvalue weighted by molar-refractivity contribution is 14.0. The minimum Gasteiger partial charge on any atom is -0.489 e. The van der Waals surface area contributed by atoms with Crippen molar-refractivity contribution in [2.24, 2.45) is 4.99 Å². The molecule has 1 aliphatic heterocycles. The number of nitrogens with zero attached hydrogens (tertiary/aromatic N) is 2. The number of aryl methyl sites for hydroxylation is 1. The molecule has 0 aliphatic carbocycles. The molecule has 2 rings (SSSR count). The van der Waals surface area contributed by atoms with Crippen LogP contribution in [0.2, 0.25) is 0 Å². The van der Waals surface area contributed by atoms with Crippen LogP contribution >= 0.6 is 24.0 Å². The lowest BCUT2D eigenvalue weighted by Gasteiger charge is -2.32. The van der Waals surface area contributed by atoms with Crippen molar-refractivity contribution >= 4 is 35.8 Å². The Kier molecular flexibility index (Phi) is 11.2. The number of likely N-dealkylation sites (tertiary alicyclic amines) is 1. The number of para-hydroxylation sites is 1. The molecule has 1 unspecified atom stereocenters. The molecular formula is C20H34IN5O2. The summed E-state index contributed by atoms with van der Waals surface area (Å²) in [5.74, 6) is 1.78. The van der Waals surface area contributed by atoms with E-state index >= 15 is 0 Å². The van der Waals surface area contributed by atoms with Gasteiger partial charge in [0.15, 0.2) is 5.96 Å². The monoisotopic (exact) mass is 503 g/mol. The van der Waals surface area contributed by atoms with Crippen molar-refractivity contribution in [1.29, 1.82) is 0 Å². The largest absolute Gasteiger partial charge is 0.489 e. The van der Waals surface area contributed by atoms with Gasteiger partial charge in [0.25, 0.3) is 0 Å². The summed E-state index contributed by atoms with van der Waals surface area (Å²) in [5.41, 5.74) is 1.13. The summed E-state index contributed by atoms with van der Waals surface area (Å²) in [6, 6.07) is 8.40. The molecule has 0 bridgehead atoms. The van der Waals surface area contributed by atoms with Crippen molar-refractivity contribution in [3.05, 3.63) is 29.8 Å². The molecule has 7 nitrogen and oxygen atoms in total. The fourth-order valence-electron chi connectivity index (χ4n) is 3.09. The first-order chi connectivity index (χ1) is 13.0. The van der Waals surface area contributed by atoms with E-state index in [2.05, 4.69) is 25.8 Å². The molecule has 1 saturated heterocycles. The van der Waals surface area contributed by atoms with Gasteiger partial charge in [0.1, 0.15) is 11.9 Å². The Morgan fingerprint density at radius 2 is 2.00 bits per heavy atom. The maximum atomic E-state index is 11.5. The van der Waals surface area contributed by atoms with E-state index < -0.39 is 0 Å². The fraction of sp³-hybridized carbons (Fsp3) is 0.600. The van der Waals surface area contributed by atoms with Crippen LogP contribution in [-0.2, 0) is 4.79 Å². The highest BCUT2D eigenvalue weighted by Gasteiger charge is 2.21. The average Bonchev–Trinajstić information content (AvgIpc) is 2.68. The van der Waals surface area contributed by atoms with Crippen molar-refractivity contribution in [2.75, 3.05) is 40.3 Å². The van der Waals surface area contributed by atoms with Crippen LogP contribution < -0.4 is 20.7 Å². The fourth-order valence-corrected chi connectivity index (χ4v) is 3.09. The van der Waals surface area contributed by atoms with Gasteiger partial charge >= 0.3 is 0 Å². The first-order valence-corrected chi connectivity index (χ1v) is 9.64. The Hall–Kier alpha value is -1.55. The summed E-state index contributed by atoms with van der Waals surface area (Å²) < 4.78 is 6.00. The lowest BCUT2D eigenvalue weighted by Crippen LogP contribution is -2.51. The van der Waals surface area contributed by atoms with E-state index in [1.165, 1.54) is 0 Å². The van der Waals surface area contributed by atoms with E-state index in [1.54, 1.807) is 14.1 Å². The summed E-state index contributed by atoms with van der Waals surface area (Å²) in [4.78, 5) is 18.0. The molecule has 8 heteroatoms. The molecule has 0 aromatic heterocycles. The third kappa shape index (κ3) is 8.22. The number of piperidine rings is 1. The molecule has 1 aromatic rings. The number of aliphatic imine (C=N–C) groups is 1. The number of hydrogen-bond acceptors (Lipinski definition) is 4. The van der Waals surface area contributed by atoms with Gasteiger partial charge in [-0.25, -0.2) is 0 Å². The van der Waals surface area contributed by atoms with Gasteiger partial charge in [-0.15, -0.1) is 24.0 Å². The molecular weight excluding hydrogens is 469 g/mol. The van der Waals surface area contributed by atoms with Crippen molar-refractivity contribution in [3.8, 4) is 5.75 Å². The van der Waals surface area contributed by atoms with Crippen molar-refractivity contribution in [2.45, 2.75) is 38.8 Å². The van der Waals surface area contributed by atoms with E-state index in [9.17, 15) is 4.79 Å². The second kappa shape index (κ2) is 12.8. The van der Waals surface area contributed by atoms with Crippen LogP contribution in [-0.4, -0.2) is 69.2 Å². The van der Waals surface area contributed by atoms with Gasteiger partial charge in [-0.05, 0) is 38.3 Å². The van der Waals surface area contributed by atoms with Crippen molar-refractivity contribution in [3.63, 3.8) is 0 Å². The number of benzene rings is 1. The first kappa shape index (κ1) is 24.5. The normalized spacial score (nSPS) is 16.6. The summed E-state index contributed by atoms with van der Waals surface area (Å²) in [7, 11) is 3.46. The second-order valence-electron chi connectivity index (χ2n) is 7.02. The van der Waals surface area contributed by atoms with Gasteiger partial charge < -0.3 is 20.7 Å². The third-order valence-corrected chi connectivity index (χ3v) is 4.78. The summed E-state index contributed by atoms with van der Waals surface area (Å²) in [6.07, 6.45) is 2.01. The Morgan fingerprint density at radius 3 is 2.61 bits per heavy atom. The first-order valence-electron chi connectivity index (χ1n) is 9.64. The van der Waals surface area contributed by atoms with E-state index in [1.807, 2.05) is 38.1 Å².